The molecular weight excluding hydrogens is 298 g/mol. The molecule has 0 unspecified atom stereocenters. The molecule has 0 amide bonds. The van der Waals surface area contributed by atoms with Crippen LogP contribution >= 0.6 is 0 Å². The third-order valence-corrected chi connectivity index (χ3v) is 5.11. The van der Waals surface area contributed by atoms with Crippen LogP contribution in [0, 0.1) is 11.3 Å². The summed E-state index contributed by atoms with van der Waals surface area (Å²) in [5.41, 5.74) is 9.40. The first-order chi connectivity index (χ1) is 11.7. The summed E-state index contributed by atoms with van der Waals surface area (Å²) >= 11 is 0. The molecule has 2 aromatic carbocycles. The van der Waals surface area contributed by atoms with E-state index in [1.165, 1.54) is 11.1 Å². The number of hydrogen-bond acceptors (Lipinski definition) is 4. The molecule has 2 aromatic rings. The van der Waals surface area contributed by atoms with Crippen molar-refractivity contribution in [2.45, 2.75) is 31.0 Å². The van der Waals surface area contributed by atoms with Crippen molar-refractivity contribution in [2.75, 3.05) is 13.1 Å². The van der Waals surface area contributed by atoms with Crippen LogP contribution in [0.4, 0.5) is 0 Å². The van der Waals surface area contributed by atoms with E-state index >= 15 is 0 Å². The highest BCUT2D eigenvalue weighted by Gasteiger charge is 2.39. The number of benzene rings is 2. The summed E-state index contributed by atoms with van der Waals surface area (Å²) in [6, 6.07) is 18.6. The summed E-state index contributed by atoms with van der Waals surface area (Å²) in [6.07, 6.45) is 2.07. The predicted molar refractivity (Wildman–Crippen MR) is 92.6 cm³/mol. The molecule has 4 heteroatoms. The van der Waals surface area contributed by atoms with E-state index in [0.29, 0.717) is 11.6 Å². The molecule has 122 valence electrons. The smallest absolute Gasteiger partial charge is 0.140 e. The van der Waals surface area contributed by atoms with Crippen LogP contribution in [0.5, 0.6) is 5.75 Å². The fourth-order valence-corrected chi connectivity index (χ4v) is 3.87. The molecule has 24 heavy (non-hydrogen) atoms. The Labute approximate surface area is 142 Å². The van der Waals surface area contributed by atoms with Crippen molar-refractivity contribution in [1.29, 1.82) is 5.26 Å². The molecule has 2 aliphatic rings. The fraction of sp³-hybridized carbons (Fsp3) is 0.350. The topological polar surface area (TPSA) is 62.3 Å². The zero-order valence-corrected chi connectivity index (χ0v) is 13.6. The molecule has 0 bridgehead atoms. The quantitative estimate of drug-likeness (QED) is 0.945. The lowest BCUT2D eigenvalue weighted by Gasteiger charge is -2.30. The van der Waals surface area contributed by atoms with Gasteiger partial charge in [0.05, 0.1) is 17.7 Å². The van der Waals surface area contributed by atoms with E-state index in [1.54, 1.807) is 12.1 Å². The first kappa shape index (κ1) is 15.2. The largest absolute Gasteiger partial charge is 0.484 e. The summed E-state index contributed by atoms with van der Waals surface area (Å²) in [6.45, 7) is 1.97. The lowest BCUT2D eigenvalue weighted by Crippen LogP contribution is -2.40. The minimum absolute atomic E-state index is 0.0134. The van der Waals surface area contributed by atoms with Gasteiger partial charge in [-0.2, -0.15) is 5.26 Å². The van der Waals surface area contributed by atoms with Crippen LogP contribution in [0.2, 0.25) is 0 Å². The van der Waals surface area contributed by atoms with E-state index in [-0.39, 0.29) is 12.1 Å². The van der Waals surface area contributed by atoms with E-state index in [2.05, 4.69) is 35.2 Å². The minimum Gasteiger partial charge on any atom is -0.484 e. The van der Waals surface area contributed by atoms with E-state index in [4.69, 9.17) is 15.7 Å². The van der Waals surface area contributed by atoms with Gasteiger partial charge in [-0.15, -0.1) is 0 Å². The van der Waals surface area contributed by atoms with E-state index in [0.717, 1.165) is 31.7 Å². The maximum absolute atomic E-state index is 8.94. The maximum atomic E-state index is 8.94. The van der Waals surface area contributed by atoms with Gasteiger partial charge in [0.1, 0.15) is 11.9 Å². The molecule has 1 aliphatic carbocycles. The highest BCUT2D eigenvalue weighted by molar-refractivity contribution is 5.39. The predicted octanol–water partition coefficient (Wildman–Crippen LogP) is 2.64. The Morgan fingerprint density at radius 2 is 1.92 bits per heavy atom. The Kier molecular flexibility index (Phi) is 3.97. The summed E-state index contributed by atoms with van der Waals surface area (Å²) < 4.78 is 6.37. The van der Waals surface area contributed by atoms with Crippen molar-refractivity contribution in [1.82, 2.24) is 4.90 Å². The lowest BCUT2D eigenvalue weighted by molar-refractivity contribution is 0.0933. The van der Waals surface area contributed by atoms with Gasteiger partial charge < -0.3 is 10.5 Å². The Morgan fingerprint density at radius 1 is 1.12 bits per heavy atom. The molecule has 4 nitrogen and oxygen atoms in total. The Hall–Kier alpha value is -2.35. The molecule has 3 atom stereocenters. The molecule has 0 spiro atoms. The zero-order valence-electron chi connectivity index (χ0n) is 13.6. The summed E-state index contributed by atoms with van der Waals surface area (Å²) in [7, 11) is 0. The first-order valence-corrected chi connectivity index (χ1v) is 8.49. The number of ether oxygens (including phenoxy) is 1. The minimum atomic E-state index is 0.0134. The van der Waals surface area contributed by atoms with Crippen molar-refractivity contribution in [2.24, 2.45) is 5.73 Å². The molecule has 1 heterocycles. The van der Waals surface area contributed by atoms with Gasteiger partial charge in [0.25, 0.3) is 0 Å². The van der Waals surface area contributed by atoms with Gasteiger partial charge in [-0.25, -0.2) is 0 Å². The second kappa shape index (κ2) is 6.27. The maximum Gasteiger partial charge on any atom is 0.140 e. The molecule has 1 aliphatic heterocycles. The van der Waals surface area contributed by atoms with Crippen LogP contribution in [0.1, 0.15) is 29.2 Å². The SMILES string of the molecule is N#Cc1ccc(O[C@@H]2c3ccccc3C[C@H]2N2CC[C@@H](N)C2)cc1. The first-order valence-electron chi connectivity index (χ1n) is 8.49. The molecule has 1 saturated heterocycles. The summed E-state index contributed by atoms with van der Waals surface area (Å²) in [4.78, 5) is 2.47. The number of nitrogens with zero attached hydrogens (tertiary/aromatic N) is 2. The van der Waals surface area contributed by atoms with Crippen molar-refractivity contribution >= 4 is 0 Å². The lowest BCUT2D eigenvalue weighted by atomic mass is 10.1. The van der Waals surface area contributed by atoms with E-state index in [1.807, 2.05) is 12.1 Å². The van der Waals surface area contributed by atoms with Crippen LogP contribution in [0.3, 0.4) is 0 Å². The van der Waals surface area contributed by atoms with Crippen LogP contribution in [-0.4, -0.2) is 30.1 Å². The van der Waals surface area contributed by atoms with Crippen molar-refractivity contribution in [3.8, 4) is 11.8 Å². The van der Waals surface area contributed by atoms with Gasteiger partial charge in [0.15, 0.2) is 0 Å². The molecule has 0 saturated carbocycles. The van der Waals surface area contributed by atoms with Gasteiger partial charge >= 0.3 is 0 Å². The Balaban J connectivity index is 1.61. The highest BCUT2D eigenvalue weighted by Crippen LogP contribution is 2.38. The average Bonchev–Trinajstić information content (AvgIpc) is 3.20. The number of rotatable bonds is 3. The number of nitriles is 1. The molecule has 0 aromatic heterocycles. The second-order valence-electron chi connectivity index (χ2n) is 6.69. The number of hydrogen-bond donors (Lipinski definition) is 1. The molecule has 1 fully saturated rings. The van der Waals surface area contributed by atoms with Gasteiger partial charge in [-0.05, 0) is 48.2 Å². The van der Waals surface area contributed by atoms with Crippen LogP contribution in [0.15, 0.2) is 48.5 Å². The van der Waals surface area contributed by atoms with Gasteiger partial charge in [-0.3, -0.25) is 4.90 Å². The second-order valence-corrected chi connectivity index (χ2v) is 6.69. The van der Waals surface area contributed by atoms with Crippen molar-refractivity contribution < 1.29 is 4.74 Å². The van der Waals surface area contributed by atoms with Crippen LogP contribution in [0.25, 0.3) is 0 Å². The summed E-state index contributed by atoms with van der Waals surface area (Å²) in [5, 5.41) is 8.94. The molecule has 2 N–H and O–H groups in total. The highest BCUT2D eigenvalue weighted by atomic mass is 16.5. The van der Waals surface area contributed by atoms with Crippen LogP contribution in [-0.2, 0) is 6.42 Å². The molecular formula is C20H21N3O. The summed E-state index contributed by atoms with van der Waals surface area (Å²) in [5.74, 6) is 0.809. The average molecular weight is 319 g/mol. The molecule has 0 radical (unpaired) electrons. The third kappa shape index (κ3) is 2.77. The Morgan fingerprint density at radius 3 is 2.62 bits per heavy atom. The Bertz CT molecular complexity index is 765. The fourth-order valence-electron chi connectivity index (χ4n) is 3.87. The number of fused-ring (bicyclic) bond motifs is 1. The van der Waals surface area contributed by atoms with Crippen LogP contribution < -0.4 is 10.5 Å². The normalized spacial score (nSPS) is 26.1. The van der Waals surface area contributed by atoms with E-state index in [9.17, 15) is 0 Å². The van der Waals surface area contributed by atoms with Gasteiger partial charge in [-0.1, -0.05) is 24.3 Å². The van der Waals surface area contributed by atoms with Crippen molar-refractivity contribution in [3.05, 3.63) is 65.2 Å². The zero-order chi connectivity index (χ0) is 16.5. The van der Waals surface area contributed by atoms with Gasteiger partial charge in [0.2, 0.25) is 0 Å². The van der Waals surface area contributed by atoms with E-state index < -0.39 is 0 Å². The third-order valence-electron chi connectivity index (χ3n) is 5.11. The number of nitrogens with two attached hydrogens (primary N) is 1. The monoisotopic (exact) mass is 319 g/mol. The number of likely N-dealkylation sites (tertiary alicyclic amines) is 1. The van der Waals surface area contributed by atoms with Crippen molar-refractivity contribution in [3.63, 3.8) is 0 Å². The standard InChI is InChI=1S/C20H21N3O/c21-12-14-5-7-17(8-6-14)24-20-18-4-2-1-3-15(18)11-19(20)23-10-9-16(22)13-23/h1-8,16,19-20H,9-11,13,22H2/t16-,19-,20-/m1/s1. The van der Waals surface area contributed by atoms with Gasteiger partial charge in [0, 0.05) is 19.1 Å². The molecule has 4 rings (SSSR count).